The third-order valence-electron chi connectivity index (χ3n) is 3.30. The maximum atomic E-state index is 12.5. The van der Waals surface area contributed by atoms with Gasteiger partial charge in [0.15, 0.2) is 5.78 Å². The minimum Gasteiger partial charge on any atom is -0.289 e. The number of hydrogen-bond donors (Lipinski definition) is 0. The summed E-state index contributed by atoms with van der Waals surface area (Å²) in [4.78, 5) is 18.0. The molecule has 21 heavy (non-hydrogen) atoms. The Morgan fingerprint density at radius 2 is 1.81 bits per heavy atom. The highest BCUT2D eigenvalue weighted by atomic mass is 32.2. The van der Waals surface area contributed by atoms with Gasteiger partial charge in [0.2, 0.25) is 0 Å². The van der Waals surface area contributed by atoms with Crippen molar-refractivity contribution in [1.82, 2.24) is 4.98 Å². The third-order valence-corrected chi connectivity index (χ3v) is 4.19. The monoisotopic (exact) mass is 293 g/mol. The van der Waals surface area contributed by atoms with Gasteiger partial charge in [-0.25, -0.2) is 0 Å². The summed E-state index contributed by atoms with van der Waals surface area (Å²) in [7, 11) is 0. The van der Waals surface area contributed by atoms with Crippen LogP contribution >= 0.6 is 11.8 Å². The summed E-state index contributed by atoms with van der Waals surface area (Å²) >= 11 is 1.77. The van der Waals surface area contributed by atoms with Gasteiger partial charge in [-0.05, 0) is 42.2 Å². The van der Waals surface area contributed by atoms with Crippen LogP contribution in [0.25, 0.3) is 10.9 Å². The standard InChI is InChI=1S/C18H15NOS/c1-2-21-16-9-7-14(8-10-16)18(20)15-6-5-13-4-3-11-19-17(13)12-15/h3-12H,2H2,1H3. The zero-order valence-corrected chi connectivity index (χ0v) is 12.6. The first-order valence-corrected chi connectivity index (χ1v) is 7.89. The van der Waals surface area contributed by atoms with Crippen molar-refractivity contribution in [1.29, 1.82) is 0 Å². The minimum atomic E-state index is 0.0376. The first-order chi connectivity index (χ1) is 10.3. The zero-order chi connectivity index (χ0) is 14.7. The molecule has 0 amide bonds. The molecule has 0 radical (unpaired) electrons. The molecule has 0 fully saturated rings. The molecule has 3 rings (SSSR count). The number of carbonyl (C=O) groups excluding carboxylic acids is 1. The largest absolute Gasteiger partial charge is 0.289 e. The lowest BCUT2D eigenvalue weighted by molar-refractivity contribution is 0.103. The molecule has 0 spiro atoms. The van der Waals surface area contributed by atoms with Crippen molar-refractivity contribution in [2.24, 2.45) is 0 Å². The van der Waals surface area contributed by atoms with Crippen LogP contribution in [-0.2, 0) is 0 Å². The number of aromatic nitrogens is 1. The molecule has 1 aromatic heterocycles. The fraction of sp³-hybridized carbons (Fsp3) is 0.111. The molecule has 0 bridgehead atoms. The van der Waals surface area contributed by atoms with Gasteiger partial charge in [0.05, 0.1) is 5.52 Å². The molecule has 0 saturated carbocycles. The van der Waals surface area contributed by atoms with Gasteiger partial charge in [0.1, 0.15) is 0 Å². The fourth-order valence-corrected chi connectivity index (χ4v) is 2.91. The van der Waals surface area contributed by atoms with Crippen molar-refractivity contribution in [2.45, 2.75) is 11.8 Å². The highest BCUT2D eigenvalue weighted by Gasteiger charge is 2.10. The van der Waals surface area contributed by atoms with Gasteiger partial charge in [-0.3, -0.25) is 9.78 Å². The van der Waals surface area contributed by atoms with Crippen molar-refractivity contribution >= 4 is 28.4 Å². The summed E-state index contributed by atoms with van der Waals surface area (Å²) in [5.41, 5.74) is 2.24. The summed E-state index contributed by atoms with van der Waals surface area (Å²) in [6.07, 6.45) is 1.74. The molecule has 0 aliphatic heterocycles. The normalized spacial score (nSPS) is 10.7. The van der Waals surface area contributed by atoms with Gasteiger partial charge in [0, 0.05) is 27.6 Å². The Bertz CT molecular complexity index is 781. The molecule has 0 saturated heterocycles. The molecule has 0 aliphatic rings. The lowest BCUT2D eigenvalue weighted by Gasteiger charge is -2.04. The van der Waals surface area contributed by atoms with Gasteiger partial charge in [-0.1, -0.05) is 25.1 Å². The van der Waals surface area contributed by atoms with Crippen LogP contribution in [-0.4, -0.2) is 16.5 Å². The second-order valence-corrected chi connectivity index (χ2v) is 6.03. The van der Waals surface area contributed by atoms with Gasteiger partial charge in [-0.15, -0.1) is 11.8 Å². The predicted octanol–water partition coefficient (Wildman–Crippen LogP) is 4.58. The number of rotatable bonds is 4. The van der Waals surface area contributed by atoms with Crippen LogP contribution in [0.4, 0.5) is 0 Å². The molecule has 0 atom stereocenters. The quantitative estimate of drug-likeness (QED) is 0.521. The molecular formula is C18H15NOS. The van der Waals surface area contributed by atoms with Crippen LogP contribution < -0.4 is 0 Å². The van der Waals surface area contributed by atoms with Crippen LogP contribution in [0.3, 0.4) is 0 Å². The Balaban J connectivity index is 1.92. The number of ketones is 1. The highest BCUT2D eigenvalue weighted by molar-refractivity contribution is 7.99. The summed E-state index contributed by atoms with van der Waals surface area (Å²) < 4.78 is 0. The van der Waals surface area contributed by atoms with Gasteiger partial charge in [0.25, 0.3) is 0 Å². The van der Waals surface area contributed by atoms with E-state index in [1.165, 1.54) is 4.90 Å². The molecule has 2 aromatic carbocycles. The first-order valence-electron chi connectivity index (χ1n) is 6.90. The van der Waals surface area contributed by atoms with E-state index in [4.69, 9.17) is 0 Å². The Hall–Kier alpha value is -2.13. The van der Waals surface area contributed by atoms with E-state index in [2.05, 4.69) is 11.9 Å². The second-order valence-electron chi connectivity index (χ2n) is 4.70. The first kappa shape index (κ1) is 13.8. The van der Waals surface area contributed by atoms with E-state index in [0.717, 1.165) is 16.7 Å². The molecule has 2 nitrogen and oxygen atoms in total. The number of nitrogens with zero attached hydrogens (tertiary/aromatic N) is 1. The van der Waals surface area contributed by atoms with Crippen molar-refractivity contribution in [3.63, 3.8) is 0 Å². The molecule has 0 aliphatic carbocycles. The number of benzene rings is 2. The van der Waals surface area contributed by atoms with E-state index >= 15 is 0 Å². The number of thioether (sulfide) groups is 1. The lowest BCUT2D eigenvalue weighted by atomic mass is 10.0. The van der Waals surface area contributed by atoms with E-state index < -0.39 is 0 Å². The molecule has 0 N–H and O–H groups in total. The topological polar surface area (TPSA) is 30.0 Å². The Kier molecular flexibility index (Phi) is 4.02. The molecule has 3 heteroatoms. The summed E-state index contributed by atoms with van der Waals surface area (Å²) in [6.45, 7) is 2.12. The molecule has 3 aromatic rings. The SMILES string of the molecule is CCSc1ccc(C(=O)c2ccc3cccnc3c2)cc1. The number of fused-ring (bicyclic) bond motifs is 1. The predicted molar refractivity (Wildman–Crippen MR) is 88.0 cm³/mol. The van der Waals surface area contributed by atoms with E-state index in [1.54, 1.807) is 18.0 Å². The Morgan fingerprint density at radius 1 is 1.05 bits per heavy atom. The number of carbonyl (C=O) groups is 1. The maximum Gasteiger partial charge on any atom is 0.193 e. The van der Waals surface area contributed by atoms with Crippen LogP contribution in [0.1, 0.15) is 22.8 Å². The van der Waals surface area contributed by atoms with E-state index in [9.17, 15) is 4.79 Å². The minimum absolute atomic E-state index is 0.0376. The van der Waals surface area contributed by atoms with Crippen LogP contribution in [0.5, 0.6) is 0 Å². The van der Waals surface area contributed by atoms with Crippen molar-refractivity contribution in [3.8, 4) is 0 Å². The van der Waals surface area contributed by atoms with Gasteiger partial charge < -0.3 is 0 Å². The molecular weight excluding hydrogens is 278 g/mol. The number of pyridine rings is 1. The fourth-order valence-electron chi connectivity index (χ4n) is 2.24. The van der Waals surface area contributed by atoms with Crippen molar-refractivity contribution in [3.05, 3.63) is 71.9 Å². The average Bonchev–Trinajstić information content (AvgIpc) is 2.55. The van der Waals surface area contributed by atoms with Crippen molar-refractivity contribution in [2.75, 3.05) is 5.75 Å². The molecule has 1 heterocycles. The van der Waals surface area contributed by atoms with Crippen molar-refractivity contribution < 1.29 is 4.79 Å². The summed E-state index contributed by atoms with van der Waals surface area (Å²) in [5.74, 6) is 1.07. The zero-order valence-electron chi connectivity index (χ0n) is 11.7. The number of hydrogen-bond acceptors (Lipinski definition) is 3. The smallest absolute Gasteiger partial charge is 0.193 e. The van der Waals surface area contributed by atoms with Crippen LogP contribution in [0.15, 0.2) is 65.7 Å². The van der Waals surface area contributed by atoms with Gasteiger partial charge in [-0.2, -0.15) is 0 Å². The van der Waals surface area contributed by atoms with E-state index in [-0.39, 0.29) is 5.78 Å². The Labute approximate surface area is 128 Å². The van der Waals surface area contributed by atoms with E-state index in [1.807, 2.05) is 54.6 Å². The maximum absolute atomic E-state index is 12.5. The summed E-state index contributed by atoms with van der Waals surface area (Å²) in [5, 5.41) is 1.05. The molecule has 104 valence electrons. The van der Waals surface area contributed by atoms with Crippen LogP contribution in [0, 0.1) is 0 Å². The van der Waals surface area contributed by atoms with Crippen LogP contribution in [0.2, 0.25) is 0 Å². The van der Waals surface area contributed by atoms with Gasteiger partial charge >= 0.3 is 0 Å². The van der Waals surface area contributed by atoms with E-state index in [0.29, 0.717) is 11.1 Å². The highest BCUT2D eigenvalue weighted by Crippen LogP contribution is 2.20. The second kappa shape index (κ2) is 6.10. The summed E-state index contributed by atoms with van der Waals surface area (Å²) in [6, 6.07) is 17.3. The average molecular weight is 293 g/mol. The molecule has 0 unspecified atom stereocenters. The Morgan fingerprint density at radius 3 is 2.57 bits per heavy atom. The third kappa shape index (κ3) is 2.98. The lowest BCUT2D eigenvalue weighted by Crippen LogP contribution is -2.01.